The van der Waals surface area contributed by atoms with Gasteiger partial charge in [-0.1, -0.05) is 31.2 Å². The summed E-state index contributed by atoms with van der Waals surface area (Å²) in [5, 5.41) is 10.7. The molecule has 0 aliphatic rings. The second kappa shape index (κ2) is 8.46. The second-order valence-electron chi connectivity index (χ2n) is 6.86. The van der Waals surface area contributed by atoms with Gasteiger partial charge in [-0.25, -0.2) is 9.18 Å². The van der Waals surface area contributed by atoms with E-state index in [0.29, 0.717) is 18.7 Å². The van der Waals surface area contributed by atoms with Gasteiger partial charge in [0.2, 0.25) is 0 Å². The molecule has 1 atom stereocenters. The van der Waals surface area contributed by atoms with Crippen molar-refractivity contribution in [3.63, 3.8) is 0 Å². The van der Waals surface area contributed by atoms with Crippen LogP contribution in [0.5, 0.6) is 0 Å². The van der Waals surface area contributed by atoms with Crippen LogP contribution in [0, 0.1) is 12.7 Å². The monoisotopic (exact) mass is 369 g/mol. The number of aryl methyl sites for hydroxylation is 1. The van der Waals surface area contributed by atoms with Gasteiger partial charge in [0.05, 0.1) is 6.61 Å². The van der Waals surface area contributed by atoms with Gasteiger partial charge in [-0.15, -0.1) is 0 Å². The first-order valence-electron chi connectivity index (χ1n) is 9.13. The van der Waals surface area contributed by atoms with Crippen LogP contribution in [0.1, 0.15) is 30.0 Å². The first kappa shape index (κ1) is 19.3. The fourth-order valence-corrected chi connectivity index (χ4v) is 3.34. The molecule has 142 valence electrons. The molecule has 0 radical (unpaired) electrons. The molecule has 1 heterocycles. The zero-order valence-corrected chi connectivity index (χ0v) is 15.6. The fourth-order valence-electron chi connectivity index (χ4n) is 3.34. The molecular weight excluding hydrogens is 345 g/mol. The van der Waals surface area contributed by atoms with Gasteiger partial charge in [0, 0.05) is 30.6 Å². The summed E-state index contributed by atoms with van der Waals surface area (Å²) in [4.78, 5) is 13.8. The molecule has 0 aliphatic carbocycles. The highest BCUT2D eigenvalue weighted by Crippen LogP contribution is 2.21. The highest BCUT2D eigenvalue weighted by atomic mass is 19.1. The molecule has 0 saturated heterocycles. The summed E-state index contributed by atoms with van der Waals surface area (Å²) in [6, 6.07) is 13.7. The van der Waals surface area contributed by atoms with E-state index in [9.17, 15) is 14.3 Å². The Bertz CT molecular complexity index is 961. The van der Waals surface area contributed by atoms with Gasteiger partial charge in [0.1, 0.15) is 11.4 Å². The summed E-state index contributed by atoms with van der Waals surface area (Å²) in [5.41, 5.74) is 3.06. The number of aliphatic hydroxyl groups excluding tert-OH is 1. The van der Waals surface area contributed by atoms with Gasteiger partial charge in [0.15, 0.2) is 0 Å². The third-order valence-electron chi connectivity index (χ3n) is 4.90. The Morgan fingerprint density at radius 2 is 1.74 bits per heavy atom. The van der Waals surface area contributed by atoms with Crippen molar-refractivity contribution in [2.24, 2.45) is 0 Å². The largest absolute Gasteiger partial charge is 0.423 e. The van der Waals surface area contributed by atoms with Gasteiger partial charge in [-0.05, 0) is 48.2 Å². The maximum absolute atomic E-state index is 13.2. The zero-order valence-electron chi connectivity index (χ0n) is 15.6. The second-order valence-corrected chi connectivity index (χ2v) is 6.86. The number of nitrogens with zero attached hydrogens (tertiary/aromatic N) is 1. The van der Waals surface area contributed by atoms with E-state index in [2.05, 4.69) is 4.90 Å². The van der Waals surface area contributed by atoms with Crippen molar-refractivity contribution in [3.8, 4) is 0 Å². The molecule has 4 nitrogen and oxygen atoms in total. The highest BCUT2D eigenvalue weighted by molar-refractivity contribution is 5.80. The van der Waals surface area contributed by atoms with Crippen molar-refractivity contribution < 1.29 is 13.9 Å². The summed E-state index contributed by atoms with van der Waals surface area (Å²) in [5.74, 6) is -0.264. The van der Waals surface area contributed by atoms with Gasteiger partial charge in [-0.3, -0.25) is 4.90 Å². The number of halogens is 1. The molecule has 0 fully saturated rings. The number of fused-ring (bicyclic) bond motifs is 1. The lowest BCUT2D eigenvalue weighted by molar-refractivity contribution is 0.107. The molecule has 0 spiro atoms. The Hall–Kier alpha value is -2.50. The van der Waals surface area contributed by atoms with E-state index >= 15 is 0 Å². The van der Waals surface area contributed by atoms with Crippen LogP contribution in [-0.4, -0.2) is 22.7 Å². The molecule has 3 aromatic rings. The number of benzene rings is 2. The Morgan fingerprint density at radius 1 is 1.07 bits per heavy atom. The molecule has 1 aromatic heterocycles. The van der Waals surface area contributed by atoms with Crippen molar-refractivity contribution in [2.45, 2.75) is 39.4 Å². The van der Waals surface area contributed by atoms with E-state index in [1.807, 2.05) is 32.0 Å². The quantitative estimate of drug-likeness (QED) is 0.639. The fraction of sp³-hybridized carbons (Fsp3) is 0.318. The molecule has 0 aliphatic heterocycles. The summed E-state index contributed by atoms with van der Waals surface area (Å²) in [6.07, 6.45) is 0.791. The van der Waals surface area contributed by atoms with Crippen LogP contribution in [0.3, 0.4) is 0 Å². The molecule has 1 N–H and O–H groups in total. The first-order chi connectivity index (χ1) is 13.0. The van der Waals surface area contributed by atoms with E-state index < -0.39 is 0 Å². The lowest BCUT2D eigenvalue weighted by Gasteiger charge is -2.30. The van der Waals surface area contributed by atoms with Crippen molar-refractivity contribution in [1.82, 2.24) is 4.90 Å². The molecule has 0 amide bonds. The normalized spacial score (nSPS) is 12.6. The molecule has 27 heavy (non-hydrogen) atoms. The SMILES string of the molecule is CC[C@H](CO)N(Cc1ccc(F)cc1)Cc1ccc2c(C)cc(=O)oc2c1. The molecule has 0 unspecified atom stereocenters. The molecule has 0 bridgehead atoms. The topological polar surface area (TPSA) is 53.7 Å². The molecular formula is C22H24FNO3. The highest BCUT2D eigenvalue weighted by Gasteiger charge is 2.17. The Balaban J connectivity index is 1.89. The maximum atomic E-state index is 13.2. The zero-order chi connectivity index (χ0) is 19.4. The summed E-state index contributed by atoms with van der Waals surface area (Å²) in [7, 11) is 0. The average molecular weight is 369 g/mol. The van der Waals surface area contributed by atoms with Crippen LogP contribution in [0.4, 0.5) is 4.39 Å². The summed E-state index contributed by atoms with van der Waals surface area (Å²) >= 11 is 0. The lowest BCUT2D eigenvalue weighted by Crippen LogP contribution is -2.36. The van der Waals surface area contributed by atoms with Gasteiger partial charge >= 0.3 is 5.63 Å². The molecule has 3 rings (SSSR count). The first-order valence-corrected chi connectivity index (χ1v) is 9.13. The standard InChI is InChI=1S/C22H24FNO3/c1-3-19(14-25)24(12-16-4-7-18(23)8-5-16)13-17-6-9-20-15(2)10-22(26)27-21(20)11-17/h4-11,19,25H,3,12-14H2,1-2H3/t19-/m1/s1. The molecule has 0 saturated carbocycles. The van der Waals surface area contributed by atoms with E-state index in [1.165, 1.54) is 18.2 Å². The molecule has 2 aromatic carbocycles. The third-order valence-corrected chi connectivity index (χ3v) is 4.90. The van der Waals surface area contributed by atoms with Crippen LogP contribution in [-0.2, 0) is 13.1 Å². The van der Waals surface area contributed by atoms with E-state index in [4.69, 9.17) is 4.42 Å². The van der Waals surface area contributed by atoms with Gasteiger partial charge in [0.25, 0.3) is 0 Å². The maximum Gasteiger partial charge on any atom is 0.336 e. The predicted octanol–water partition coefficient (Wildman–Crippen LogP) is 4.01. The van der Waals surface area contributed by atoms with E-state index in [-0.39, 0.29) is 24.1 Å². The number of hydrogen-bond acceptors (Lipinski definition) is 4. The van der Waals surface area contributed by atoms with Crippen LogP contribution < -0.4 is 5.63 Å². The van der Waals surface area contributed by atoms with Crippen molar-refractivity contribution in [1.29, 1.82) is 0 Å². The van der Waals surface area contributed by atoms with Gasteiger partial charge in [-0.2, -0.15) is 0 Å². The number of rotatable bonds is 7. The third kappa shape index (κ3) is 4.62. The minimum absolute atomic E-state index is 0.0183. The Morgan fingerprint density at radius 3 is 2.41 bits per heavy atom. The van der Waals surface area contributed by atoms with Crippen LogP contribution >= 0.6 is 0 Å². The van der Waals surface area contributed by atoms with Crippen molar-refractivity contribution in [3.05, 3.63) is 81.5 Å². The van der Waals surface area contributed by atoms with Crippen LogP contribution in [0.25, 0.3) is 11.0 Å². The summed E-state index contributed by atoms with van der Waals surface area (Å²) in [6.45, 7) is 5.14. The van der Waals surface area contributed by atoms with Crippen LogP contribution in [0.2, 0.25) is 0 Å². The van der Waals surface area contributed by atoms with Crippen molar-refractivity contribution in [2.75, 3.05) is 6.61 Å². The number of hydrogen-bond donors (Lipinski definition) is 1. The Labute approximate surface area is 157 Å². The average Bonchev–Trinajstić information content (AvgIpc) is 2.64. The summed E-state index contributed by atoms with van der Waals surface area (Å²) < 4.78 is 18.5. The minimum atomic E-state index is -0.359. The van der Waals surface area contributed by atoms with E-state index in [0.717, 1.165) is 28.5 Å². The van der Waals surface area contributed by atoms with Gasteiger partial charge < -0.3 is 9.52 Å². The number of aliphatic hydroxyl groups is 1. The predicted molar refractivity (Wildman–Crippen MR) is 104 cm³/mol. The molecule has 5 heteroatoms. The van der Waals surface area contributed by atoms with E-state index in [1.54, 1.807) is 12.1 Å². The van der Waals surface area contributed by atoms with Crippen molar-refractivity contribution >= 4 is 11.0 Å². The smallest absolute Gasteiger partial charge is 0.336 e. The lowest BCUT2D eigenvalue weighted by atomic mass is 10.1. The minimum Gasteiger partial charge on any atom is -0.423 e. The van der Waals surface area contributed by atoms with Crippen LogP contribution in [0.15, 0.2) is 57.7 Å². The Kier molecular flexibility index (Phi) is 6.04.